The maximum absolute atomic E-state index is 5.36. The fourth-order valence-electron chi connectivity index (χ4n) is 1.69. The molecule has 0 saturated heterocycles. The molecule has 0 unspecified atom stereocenters. The van der Waals surface area contributed by atoms with Crippen molar-refractivity contribution < 1.29 is 4.74 Å². The molecule has 0 saturated carbocycles. The van der Waals surface area contributed by atoms with Crippen LogP contribution in [0.1, 0.15) is 23.9 Å². The molecule has 0 amide bonds. The first-order valence-electron chi connectivity index (χ1n) is 6.23. The van der Waals surface area contributed by atoms with E-state index in [0.29, 0.717) is 6.61 Å². The number of hydrogen-bond donors (Lipinski definition) is 2. The predicted molar refractivity (Wildman–Crippen MR) is 70.9 cm³/mol. The highest BCUT2D eigenvalue weighted by molar-refractivity contribution is 5.21. The standard InChI is InChI=1S/C14H19N3O/c1-2-18-11-13-5-3-12(4-6-13)9-15-10-14-16-7-8-17-14/h3-8,15H,2,9-11H2,1H3,(H,16,17). The van der Waals surface area contributed by atoms with Gasteiger partial charge >= 0.3 is 0 Å². The Kier molecular flexibility index (Phi) is 4.93. The average Bonchev–Trinajstić information content (AvgIpc) is 2.91. The van der Waals surface area contributed by atoms with Crippen molar-refractivity contribution in [3.05, 3.63) is 53.6 Å². The minimum Gasteiger partial charge on any atom is -0.377 e. The first kappa shape index (κ1) is 12.8. The van der Waals surface area contributed by atoms with E-state index in [1.54, 1.807) is 6.20 Å². The van der Waals surface area contributed by atoms with E-state index in [4.69, 9.17) is 4.74 Å². The third-order valence-corrected chi connectivity index (χ3v) is 2.67. The van der Waals surface area contributed by atoms with Gasteiger partial charge in [0.1, 0.15) is 5.82 Å². The van der Waals surface area contributed by atoms with E-state index in [0.717, 1.165) is 25.5 Å². The lowest BCUT2D eigenvalue weighted by molar-refractivity contribution is 0.134. The van der Waals surface area contributed by atoms with Crippen molar-refractivity contribution in [3.8, 4) is 0 Å². The van der Waals surface area contributed by atoms with Crippen LogP contribution in [0.5, 0.6) is 0 Å². The topological polar surface area (TPSA) is 49.9 Å². The van der Waals surface area contributed by atoms with E-state index in [1.165, 1.54) is 11.1 Å². The average molecular weight is 245 g/mol. The zero-order chi connectivity index (χ0) is 12.6. The van der Waals surface area contributed by atoms with Crippen molar-refractivity contribution >= 4 is 0 Å². The molecular weight excluding hydrogens is 226 g/mol. The second-order valence-electron chi connectivity index (χ2n) is 4.09. The first-order valence-corrected chi connectivity index (χ1v) is 6.23. The summed E-state index contributed by atoms with van der Waals surface area (Å²) in [6.45, 7) is 5.05. The Bertz CT molecular complexity index is 437. The van der Waals surface area contributed by atoms with Gasteiger partial charge in [0.2, 0.25) is 0 Å². The Balaban J connectivity index is 1.75. The minimum absolute atomic E-state index is 0.691. The molecule has 0 spiro atoms. The predicted octanol–water partition coefficient (Wildman–Crippen LogP) is 2.24. The van der Waals surface area contributed by atoms with E-state index < -0.39 is 0 Å². The summed E-state index contributed by atoms with van der Waals surface area (Å²) >= 11 is 0. The van der Waals surface area contributed by atoms with Gasteiger partial charge in [-0.05, 0) is 18.1 Å². The van der Waals surface area contributed by atoms with Gasteiger partial charge in [0.05, 0.1) is 13.2 Å². The number of nitrogens with zero attached hydrogens (tertiary/aromatic N) is 1. The summed E-state index contributed by atoms with van der Waals surface area (Å²) in [5, 5.41) is 3.34. The molecule has 18 heavy (non-hydrogen) atoms. The van der Waals surface area contributed by atoms with Crippen LogP contribution in [0.25, 0.3) is 0 Å². The van der Waals surface area contributed by atoms with E-state index in [9.17, 15) is 0 Å². The molecule has 2 N–H and O–H groups in total. The largest absolute Gasteiger partial charge is 0.377 e. The first-order chi connectivity index (χ1) is 8.88. The fraction of sp³-hybridized carbons (Fsp3) is 0.357. The van der Waals surface area contributed by atoms with Crippen LogP contribution in [0.2, 0.25) is 0 Å². The second-order valence-corrected chi connectivity index (χ2v) is 4.09. The molecule has 1 aromatic heterocycles. The normalized spacial score (nSPS) is 10.7. The molecule has 0 aliphatic rings. The third kappa shape index (κ3) is 3.98. The number of benzene rings is 1. The van der Waals surface area contributed by atoms with Gasteiger partial charge in [-0.15, -0.1) is 0 Å². The van der Waals surface area contributed by atoms with Crippen LogP contribution in [0.15, 0.2) is 36.7 Å². The molecule has 0 bridgehead atoms. The molecule has 2 aromatic rings. The molecule has 4 nitrogen and oxygen atoms in total. The molecular formula is C14H19N3O. The number of ether oxygens (including phenoxy) is 1. The lowest BCUT2D eigenvalue weighted by Crippen LogP contribution is -2.13. The lowest BCUT2D eigenvalue weighted by Gasteiger charge is -2.05. The van der Waals surface area contributed by atoms with Crippen LogP contribution >= 0.6 is 0 Å². The van der Waals surface area contributed by atoms with E-state index >= 15 is 0 Å². The van der Waals surface area contributed by atoms with Crippen molar-refractivity contribution in [3.63, 3.8) is 0 Å². The molecule has 0 aliphatic heterocycles. The number of aromatic nitrogens is 2. The summed E-state index contributed by atoms with van der Waals surface area (Å²) in [6, 6.07) is 8.48. The van der Waals surface area contributed by atoms with Gasteiger partial charge in [0.15, 0.2) is 0 Å². The monoisotopic (exact) mass is 245 g/mol. The van der Waals surface area contributed by atoms with Crippen molar-refractivity contribution in [2.45, 2.75) is 26.6 Å². The van der Waals surface area contributed by atoms with Crippen molar-refractivity contribution in [2.24, 2.45) is 0 Å². The Morgan fingerprint density at radius 2 is 1.94 bits per heavy atom. The van der Waals surface area contributed by atoms with Gasteiger partial charge in [-0.25, -0.2) is 4.98 Å². The summed E-state index contributed by atoms with van der Waals surface area (Å²) in [7, 11) is 0. The van der Waals surface area contributed by atoms with Crippen LogP contribution < -0.4 is 5.32 Å². The van der Waals surface area contributed by atoms with E-state index in [2.05, 4.69) is 39.6 Å². The molecule has 0 atom stereocenters. The summed E-state index contributed by atoms with van der Waals surface area (Å²) in [4.78, 5) is 7.23. The highest BCUT2D eigenvalue weighted by atomic mass is 16.5. The van der Waals surface area contributed by atoms with Crippen LogP contribution in [-0.2, 0) is 24.4 Å². The van der Waals surface area contributed by atoms with E-state index in [1.807, 2.05) is 13.1 Å². The molecule has 96 valence electrons. The molecule has 0 fully saturated rings. The van der Waals surface area contributed by atoms with Crippen LogP contribution in [0.3, 0.4) is 0 Å². The van der Waals surface area contributed by atoms with E-state index in [-0.39, 0.29) is 0 Å². The molecule has 2 rings (SSSR count). The lowest BCUT2D eigenvalue weighted by atomic mass is 10.1. The Labute approximate surface area is 107 Å². The highest BCUT2D eigenvalue weighted by Crippen LogP contribution is 2.05. The van der Waals surface area contributed by atoms with Gasteiger partial charge in [-0.2, -0.15) is 0 Å². The summed E-state index contributed by atoms with van der Waals surface area (Å²) in [6.07, 6.45) is 3.60. The molecule has 0 aliphatic carbocycles. The number of H-pyrrole nitrogens is 1. The summed E-state index contributed by atoms with van der Waals surface area (Å²) < 4.78 is 5.36. The maximum atomic E-state index is 5.36. The maximum Gasteiger partial charge on any atom is 0.120 e. The second kappa shape index (κ2) is 6.93. The summed E-state index contributed by atoms with van der Waals surface area (Å²) in [5.74, 6) is 0.961. The molecule has 1 heterocycles. The fourth-order valence-corrected chi connectivity index (χ4v) is 1.69. The number of rotatable bonds is 7. The van der Waals surface area contributed by atoms with Crippen molar-refractivity contribution in [2.75, 3.05) is 6.61 Å². The SMILES string of the molecule is CCOCc1ccc(CNCc2ncc[nH]2)cc1. The zero-order valence-corrected chi connectivity index (χ0v) is 10.6. The van der Waals surface area contributed by atoms with Gasteiger partial charge in [-0.3, -0.25) is 0 Å². The molecule has 1 aromatic carbocycles. The van der Waals surface area contributed by atoms with Gasteiger partial charge in [-0.1, -0.05) is 24.3 Å². The number of aromatic amines is 1. The molecule has 0 radical (unpaired) electrons. The Hall–Kier alpha value is -1.65. The van der Waals surface area contributed by atoms with Crippen LogP contribution in [-0.4, -0.2) is 16.6 Å². The van der Waals surface area contributed by atoms with Crippen molar-refractivity contribution in [1.29, 1.82) is 0 Å². The zero-order valence-electron chi connectivity index (χ0n) is 10.6. The quantitative estimate of drug-likeness (QED) is 0.786. The van der Waals surface area contributed by atoms with Crippen LogP contribution in [0, 0.1) is 0 Å². The number of nitrogens with one attached hydrogen (secondary N) is 2. The Morgan fingerprint density at radius 3 is 2.61 bits per heavy atom. The summed E-state index contributed by atoms with van der Waals surface area (Å²) in [5.41, 5.74) is 2.48. The molecule has 4 heteroatoms. The highest BCUT2D eigenvalue weighted by Gasteiger charge is 1.97. The smallest absolute Gasteiger partial charge is 0.120 e. The Morgan fingerprint density at radius 1 is 1.17 bits per heavy atom. The van der Waals surface area contributed by atoms with Gasteiger partial charge in [0.25, 0.3) is 0 Å². The van der Waals surface area contributed by atoms with Gasteiger partial charge < -0.3 is 15.0 Å². The van der Waals surface area contributed by atoms with Gasteiger partial charge in [0, 0.05) is 25.5 Å². The number of hydrogen-bond acceptors (Lipinski definition) is 3. The van der Waals surface area contributed by atoms with Crippen LogP contribution in [0.4, 0.5) is 0 Å². The number of imidazole rings is 1. The third-order valence-electron chi connectivity index (χ3n) is 2.67. The minimum atomic E-state index is 0.691. The van der Waals surface area contributed by atoms with Crippen molar-refractivity contribution in [1.82, 2.24) is 15.3 Å².